The van der Waals surface area contributed by atoms with Crippen molar-refractivity contribution in [3.63, 3.8) is 0 Å². The van der Waals surface area contributed by atoms with Gasteiger partial charge in [0.1, 0.15) is 17.5 Å². The summed E-state index contributed by atoms with van der Waals surface area (Å²) in [6, 6.07) is 12.2. The number of nitrogens with one attached hydrogen (secondary N) is 2. The minimum absolute atomic E-state index is 0.119. The molecular formula is C19H17ClFN3O3. The van der Waals surface area contributed by atoms with Crippen LogP contribution >= 0.6 is 11.6 Å². The summed E-state index contributed by atoms with van der Waals surface area (Å²) in [5, 5.41) is 14.1. The van der Waals surface area contributed by atoms with Gasteiger partial charge in [-0.3, -0.25) is 9.59 Å². The smallest absolute Gasteiger partial charge is 0.313 e. The molecule has 2 rings (SSSR count). The molecule has 8 heteroatoms. The second-order valence-electron chi connectivity index (χ2n) is 5.85. The van der Waals surface area contributed by atoms with Gasteiger partial charge in [0.25, 0.3) is 0 Å². The Labute approximate surface area is 160 Å². The Morgan fingerprint density at radius 2 is 1.96 bits per heavy atom. The minimum atomic E-state index is -1.17. The lowest BCUT2D eigenvalue weighted by Crippen LogP contribution is -2.44. The number of anilines is 1. The molecule has 0 radical (unpaired) electrons. The first-order valence-corrected chi connectivity index (χ1v) is 8.27. The second-order valence-corrected chi connectivity index (χ2v) is 6.29. The number of rotatable bonds is 5. The lowest BCUT2D eigenvalue weighted by molar-refractivity contribution is -0.137. The molecule has 0 saturated heterocycles. The van der Waals surface area contributed by atoms with E-state index in [0.29, 0.717) is 5.02 Å². The van der Waals surface area contributed by atoms with Gasteiger partial charge in [-0.05, 0) is 31.2 Å². The van der Waals surface area contributed by atoms with E-state index in [-0.39, 0.29) is 23.4 Å². The van der Waals surface area contributed by atoms with Crippen molar-refractivity contribution in [3.05, 3.63) is 64.4 Å². The van der Waals surface area contributed by atoms with Gasteiger partial charge in [0.2, 0.25) is 0 Å². The Kier molecular flexibility index (Phi) is 6.50. The average molecular weight is 390 g/mol. The van der Waals surface area contributed by atoms with Crippen molar-refractivity contribution in [2.24, 2.45) is 0 Å². The first-order valence-electron chi connectivity index (χ1n) is 7.89. The van der Waals surface area contributed by atoms with Crippen LogP contribution < -0.4 is 10.6 Å². The fraction of sp³-hybridized carbons (Fsp3) is 0.211. The summed E-state index contributed by atoms with van der Waals surface area (Å²) in [6.07, 6.45) is 0. The van der Waals surface area contributed by atoms with E-state index >= 15 is 0 Å². The van der Waals surface area contributed by atoms with Gasteiger partial charge >= 0.3 is 11.8 Å². The van der Waals surface area contributed by atoms with Crippen LogP contribution in [0.2, 0.25) is 5.02 Å². The Balaban J connectivity index is 2.09. The van der Waals surface area contributed by atoms with Crippen LogP contribution in [0.1, 0.15) is 18.1 Å². The van der Waals surface area contributed by atoms with Gasteiger partial charge in [-0.25, -0.2) is 4.39 Å². The van der Waals surface area contributed by atoms with Crippen molar-refractivity contribution in [1.82, 2.24) is 5.32 Å². The molecule has 2 aromatic carbocycles. The third-order valence-corrected chi connectivity index (χ3v) is 4.27. The highest BCUT2D eigenvalue weighted by Crippen LogP contribution is 2.26. The minimum Gasteiger partial charge on any atom is -0.372 e. The molecule has 0 heterocycles. The molecule has 0 aliphatic carbocycles. The maximum Gasteiger partial charge on any atom is 0.313 e. The van der Waals surface area contributed by atoms with Gasteiger partial charge in [-0.2, -0.15) is 5.26 Å². The first kappa shape index (κ1) is 20.4. The zero-order valence-corrected chi connectivity index (χ0v) is 15.4. The highest BCUT2D eigenvalue weighted by molar-refractivity contribution is 6.40. The summed E-state index contributed by atoms with van der Waals surface area (Å²) in [6.45, 7) is 1.45. The van der Waals surface area contributed by atoms with Crippen molar-refractivity contribution >= 4 is 29.1 Å². The molecule has 0 aliphatic rings. The van der Waals surface area contributed by atoms with E-state index in [1.165, 1.54) is 37.4 Å². The van der Waals surface area contributed by atoms with Crippen molar-refractivity contribution in [3.8, 4) is 6.07 Å². The largest absolute Gasteiger partial charge is 0.372 e. The number of nitriles is 1. The lowest BCUT2D eigenvalue weighted by Gasteiger charge is -2.29. The summed E-state index contributed by atoms with van der Waals surface area (Å²) >= 11 is 5.85. The molecule has 0 bridgehead atoms. The van der Waals surface area contributed by atoms with E-state index in [1.807, 2.05) is 6.07 Å². The SMILES string of the molecule is CO[C@@](C)(CNC(=O)C(=O)Nc1cc(Cl)ccc1C#N)c1ccccc1F. The third kappa shape index (κ3) is 4.82. The number of hydrogen-bond donors (Lipinski definition) is 2. The lowest BCUT2D eigenvalue weighted by atomic mass is 9.95. The highest BCUT2D eigenvalue weighted by Gasteiger charge is 2.30. The number of hydrogen-bond acceptors (Lipinski definition) is 4. The molecule has 0 unspecified atom stereocenters. The number of nitrogens with zero attached hydrogens (tertiary/aromatic N) is 1. The Morgan fingerprint density at radius 1 is 1.26 bits per heavy atom. The Hall–Kier alpha value is -2.95. The van der Waals surface area contributed by atoms with E-state index in [0.717, 1.165) is 0 Å². The van der Waals surface area contributed by atoms with E-state index in [4.69, 9.17) is 21.6 Å². The fourth-order valence-corrected chi connectivity index (χ4v) is 2.57. The molecule has 6 nitrogen and oxygen atoms in total. The molecule has 1 atom stereocenters. The summed E-state index contributed by atoms with van der Waals surface area (Å²) in [5.74, 6) is -2.43. The zero-order chi connectivity index (χ0) is 20.0. The molecule has 2 amide bonds. The van der Waals surface area contributed by atoms with Gasteiger partial charge < -0.3 is 15.4 Å². The average Bonchev–Trinajstić information content (AvgIpc) is 2.66. The standard InChI is InChI=1S/C19H17ClFN3O3/c1-19(27-2,14-5-3-4-6-15(14)21)11-23-17(25)18(26)24-16-9-13(20)8-7-12(16)10-22/h3-9H,11H2,1-2H3,(H,23,25)(H,24,26)/t19-/m0/s1. The number of benzene rings is 2. The van der Waals surface area contributed by atoms with E-state index < -0.39 is 23.2 Å². The van der Waals surface area contributed by atoms with Crippen LogP contribution in [0.5, 0.6) is 0 Å². The van der Waals surface area contributed by atoms with Crippen LogP contribution in [0.4, 0.5) is 10.1 Å². The number of carbonyl (C=O) groups excluding carboxylic acids is 2. The van der Waals surface area contributed by atoms with Crippen LogP contribution in [0, 0.1) is 17.1 Å². The number of halogens is 2. The quantitative estimate of drug-likeness (QED) is 0.769. The molecule has 140 valence electrons. The molecule has 0 saturated carbocycles. The predicted octanol–water partition coefficient (Wildman–Crippen LogP) is 2.97. The molecule has 0 spiro atoms. The van der Waals surface area contributed by atoms with Gasteiger partial charge in [0.15, 0.2) is 0 Å². The van der Waals surface area contributed by atoms with Gasteiger partial charge in [0, 0.05) is 17.7 Å². The predicted molar refractivity (Wildman–Crippen MR) is 98.6 cm³/mol. The van der Waals surface area contributed by atoms with Crippen LogP contribution in [0.3, 0.4) is 0 Å². The molecule has 0 aromatic heterocycles. The molecule has 0 fully saturated rings. The number of methoxy groups -OCH3 is 1. The third-order valence-electron chi connectivity index (χ3n) is 4.04. The topological polar surface area (TPSA) is 91.2 Å². The summed E-state index contributed by atoms with van der Waals surface area (Å²) in [5.41, 5.74) is -0.646. The maximum atomic E-state index is 14.0. The number of amides is 2. The highest BCUT2D eigenvalue weighted by atomic mass is 35.5. The molecular weight excluding hydrogens is 373 g/mol. The summed E-state index contributed by atoms with van der Waals surface area (Å²) in [4.78, 5) is 24.2. The monoisotopic (exact) mass is 389 g/mol. The van der Waals surface area contributed by atoms with Crippen LogP contribution in [-0.2, 0) is 19.9 Å². The molecule has 2 N–H and O–H groups in total. The fourth-order valence-electron chi connectivity index (χ4n) is 2.39. The molecule has 27 heavy (non-hydrogen) atoms. The van der Waals surface area contributed by atoms with Crippen LogP contribution in [-0.4, -0.2) is 25.5 Å². The number of carbonyl (C=O) groups is 2. The van der Waals surface area contributed by atoms with Gasteiger partial charge in [-0.15, -0.1) is 0 Å². The van der Waals surface area contributed by atoms with E-state index in [1.54, 1.807) is 19.1 Å². The van der Waals surface area contributed by atoms with E-state index in [2.05, 4.69) is 10.6 Å². The Morgan fingerprint density at radius 3 is 2.59 bits per heavy atom. The van der Waals surface area contributed by atoms with E-state index in [9.17, 15) is 14.0 Å². The second kappa shape index (κ2) is 8.62. The zero-order valence-electron chi connectivity index (χ0n) is 14.7. The van der Waals surface area contributed by atoms with Crippen LogP contribution in [0.15, 0.2) is 42.5 Å². The first-order chi connectivity index (χ1) is 12.8. The van der Waals surface area contributed by atoms with Gasteiger partial charge in [0.05, 0.1) is 17.8 Å². The van der Waals surface area contributed by atoms with Crippen molar-refractivity contribution in [2.75, 3.05) is 19.0 Å². The molecule has 0 aliphatic heterocycles. The number of ether oxygens (including phenoxy) is 1. The van der Waals surface area contributed by atoms with Gasteiger partial charge in [-0.1, -0.05) is 29.8 Å². The maximum absolute atomic E-state index is 14.0. The summed E-state index contributed by atoms with van der Waals surface area (Å²) < 4.78 is 19.4. The van der Waals surface area contributed by atoms with Crippen molar-refractivity contribution < 1.29 is 18.7 Å². The normalized spacial score (nSPS) is 12.6. The Bertz CT molecular complexity index is 913. The summed E-state index contributed by atoms with van der Waals surface area (Å²) in [7, 11) is 1.38. The van der Waals surface area contributed by atoms with Crippen molar-refractivity contribution in [1.29, 1.82) is 5.26 Å². The molecule has 2 aromatic rings. The van der Waals surface area contributed by atoms with Crippen LogP contribution in [0.25, 0.3) is 0 Å². The van der Waals surface area contributed by atoms with Crippen molar-refractivity contribution in [2.45, 2.75) is 12.5 Å².